The summed E-state index contributed by atoms with van der Waals surface area (Å²) in [6.45, 7) is 8.44. The molecule has 15 heteroatoms. The molecule has 256 valence electrons. The minimum atomic E-state index is -4.85. The van der Waals surface area contributed by atoms with Crippen LogP contribution in [0.3, 0.4) is 0 Å². The fourth-order valence-electron chi connectivity index (χ4n) is 5.29. The Morgan fingerprint density at radius 3 is 2.38 bits per heavy atom. The molecule has 0 bridgehead atoms. The lowest BCUT2D eigenvalue weighted by molar-refractivity contribution is -0.274. The number of carbonyl (C=O) groups excluding carboxylic acids is 2. The first-order valence-electron chi connectivity index (χ1n) is 15.2. The van der Waals surface area contributed by atoms with Gasteiger partial charge in [-0.15, -0.1) is 13.2 Å². The lowest BCUT2D eigenvalue weighted by Crippen LogP contribution is -2.34. The predicted molar refractivity (Wildman–Crippen MR) is 179 cm³/mol. The number of fused-ring (bicyclic) bond motifs is 1. The molecular formula is C33H34Cl2F4N6O3. The van der Waals surface area contributed by atoms with E-state index in [1.54, 1.807) is 29.2 Å². The van der Waals surface area contributed by atoms with Crippen molar-refractivity contribution in [2.75, 3.05) is 28.6 Å². The van der Waals surface area contributed by atoms with E-state index in [1.165, 1.54) is 12.1 Å². The van der Waals surface area contributed by atoms with Gasteiger partial charge in [-0.1, -0.05) is 50.0 Å². The molecule has 1 aliphatic heterocycles. The number of benzene rings is 3. The number of carbonyl (C=O) groups is 2. The highest BCUT2D eigenvalue weighted by molar-refractivity contribution is 6.39. The monoisotopic (exact) mass is 708 g/mol. The van der Waals surface area contributed by atoms with E-state index in [-0.39, 0.29) is 30.2 Å². The molecule has 1 aliphatic rings. The molecule has 2 amide bonds. The number of ether oxygens (including phenoxy) is 1. The molecule has 9 nitrogen and oxygen atoms in total. The Morgan fingerprint density at radius 1 is 1.06 bits per heavy atom. The summed E-state index contributed by atoms with van der Waals surface area (Å²) in [7, 11) is 0. The highest BCUT2D eigenvalue weighted by atomic mass is 35.5. The second kappa shape index (κ2) is 13.7. The lowest BCUT2D eigenvalue weighted by atomic mass is 9.95. The number of alkyl halides is 4. The van der Waals surface area contributed by atoms with Crippen molar-refractivity contribution in [3.8, 4) is 5.75 Å². The molecule has 0 saturated carbocycles. The maximum atomic E-state index is 14.4. The highest BCUT2D eigenvalue weighted by Gasteiger charge is 2.31. The Bertz CT molecular complexity index is 1840. The van der Waals surface area contributed by atoms with Gasteiger partial charge in [-0.25, -0.2) is 9.37 Å². The number of aromatic nitrogens is 2. The van der Waals surface area contributed by atoms with Gasteiger partial charge in [0.15, 0.2) is 0 Å². The molecule has 3 N–H and O–H groups in total. The molecule has 1 saturated heterocycles. The van der Waals surface area contributed by atoms with E-state index in [0.717, 1.165) is 12.1 Å². The standard InChI is InChI=1S/C33H34Cl2F4N6O3/c1-5-45-26-15-25(44-13-12-19(36)17-44)22(29(46)41-20-7-9-21(10-8-20)48-33(37,38)39)14-24(26)42-31(45)43-28-23(34)11-6-18(27(28)35)16-40-30(47)32(2,3)4/h6-11,14-15,19H,5,12-13,16-17H2,1-4H3,(H,40,47)(H,41,46)(H,42,43)/t19-/m1/s1. The zero-order valence-electron chi connectivity index (χ0n) is 26.6. The van der Waals surface area contributed by atoms with Crippen LogP contribution in [0.4, 0.5) is 40.6 Å². The van der Waals surface area contributed by atoms with Crippen molar-refractivity contribution in [2.45, 2.75) is 59.7 Å². The van der Waals surface area contributed by atoms with Gasteiger partial charge in [-0.2, -0.15) is 0 Å². The van der Waals surface area contributed by atoms with E-state index in [1.807, 2.05) is 32.3 Å². The van der Waals surface area contributed by atoms with E-state index in [4.69, 9.17) is 28.2 Å². The third-order valence-corrected chi connectivity index (χ3v) is 8.52. The molecule has 2 heterocycles. The fourth-order valence-corrected chi connectivity index (χ4v) is 5.83. The summed E-state index contributed by atoms with van der Waals surface area (Å²) in [4.78, 5) is 32.6. The first kappa shape index (κ1) is 35.1. The summed E-state index contributed by atoms with van der Waals surface area (Å²) in [6, 6.07) is 11.5. The minimum Gasteiger partial charge on any atom is -0.406 e. The van der Waals surface area contributed by atoms with Gasteiger partial charge in [0.05, 0.1) is 38.0 Å². The van der Waals surface area contributed by atoms with Crippen molar-refractivity contribution in [3.05, 3.63) is 69.7 Å². The number of anilines is 4. The number of hydrogen-bond acceptors (Lipinski definition) is 6. The van der Waals surface area contributed by atoms with E-state index in [9.17, 15) is 27.2 Å². The van der Waals surface area contributed by atoms with Crippen LogP contribution in [0.2, 0.25) is 10.0 Å². The van der Waals surface area contributed by atoms with Crippen LogP contribution in [-0.2, 0) is 17.9 Å². The van der Waals surface area contributed by atoms with Crippen LogP contribution >= 0.6 is 23.2 Å². The van der Waals surface area contributed by atoms with Gasteiger partial charge < -0.3 is 30.2 Å². The Hall–Kier alpha value is -4.23. The Balaban J connectivity index is 1.49. The Morgan fingerprint density at radius 2 is 1.77 bits per heavy atom. The summed E-state index contributed by atoms with van der Waals surface area (Å²) in [6.07, 6.45) is -5.63. The highest BCUT2D eigenvalue weighted by Crippen LogP contribution is 2.38. The van der Waals surface area contributed by atoms with Crippen molar-refractivity contribution in [1.29, 1.82) is 0 Å². The molecule has 0 unspecified atom stereocenters. The van der Waals surface area contributed by atoms with Crippen molar-refractivity contribution in [3.63, 3.8) is 0 Å². The smallest absolute Gasteiger partial charge is 0.406 e. The topological polar surface area (TPSA) is 101 Å². The van der Waals surface area contributed by atoms with Gasteiger partial charge in [0, 0.05) is 37.3 Å². The number of rotatable bonds is 9. The molecule has 0 radical (unpaired) electrons. The van der Waals surface area contributed by atoms with Gasteiger partial charge in [0.1, 0.15) is 11.9 Å². The number of imidazole rings is 1. The molecule has 3 aromatic carbocycles. The molecule has 1 fully saturated rings. The van der Waals surface area contributed by atoms with E-state index in [2.05, 4.69) is 20.7 Å². The summed E-state index contributed by atoms with van der Waals surface area (Å²) in [5.74, 6) is -0.758. The summed E-state index contributed by atoms with van der Waals surface area (Å²) < 4.78 is 57.9. The first-order chi connectivity index (χ1) is 22.5. The molecule has 1 aromatic heterocycles. The van der Waals surface area contributed by atoms with Gasteiger partial charge in [-0.05, 0) is 61.4 Å². The first-order valence-corrected chi connectivity index (χ1v) is 15.9. The average molecular weight is 710 g/mol. The zero-order valence-corrected chi connectivity index (χ0v) is 28.1. The average Bonchev–Trinajstić information content (AvgIpc) is 3.59. The van der Waals surface area contributed by atoms with Crippen LogP contribution in [-0.4, -0.2) is 47.0 Å². The third-order valence-electron chi connectivity index (χ3n) is 7.77. The quantitative estimate of drug-likeness (QED) is 0.151. The van der Waals surface area contributed by atoms with Crippen LogP contribution in [0.25, 0.3) is 11.0 Å². The van der Waals surface area contributed by atoms with Crippen molar-refractivity contribution < 1.29 is 31.9 Å². The maximum absolute atomic E-state index is 14.4. The number of hydrogen-bond donors (Lipinski definition) is 3. The molecule has 4 aromatic rings. The predicted octanol–water partition coefficient (Wildman–Crippen LogP) is 8.47. The normalized spacial score (nSPS) is 15.1. The van der Waals surface area contributed by atoms with Crippen molar-refractivity contribution in [1.82, 2.24) is 14.9 Å². The van der Waals surface area contributed by atoms with Gasteiger partial charge >= 0.3 is 6.36 Å². The van der Waals surface area contributed by atoms with Crippen LogP contribution in [0.1, 0.15) is 50.0 Å². The number of nitrogens with one attached hydrogen (secondary N) is 3. The van der Waals surface area contributed by atoms with Gasteiger partial charge in [0.25, 0.3) is 5.91 Å². The van der Waals surface area contributed by atoms with E-state index in [0.29, 0.717) is 63.5 Å². The maximum Gasteiger partial charge on any atom is 0.573 e. The number of aryl methyl sites for hydroxylation is 1. The van der Waals surface area contributed by atoms with Crippen molar-refractivity contribution in [2.24, 2.45) is 5.41 Å². The minimum absolute atomic E-state index is 0.0877. The van der Waals surface area contributed by atoms with Crippen LogP contribution in [0.15, 0.2) is 48.5 Å². The number of nitrogens with zero attached hydrogens (tertiary/aromatic N) is 3. The third kappa shape index (κ3) is 7.90. The summed E-state index contributed by atoms with van der Waals surface area (Å²) in [5.41, 5.74) is 2.43. The van der Waals surface area contributed by atoms with E-state index >= 15 is 0 Å². The molecular weight excluding hydrogens is 675 g/mol. The SMILES string of the molecule is CCn1c(Nc2c(Cl)ccc(CNC(=O)C(C)(C)C)c2Cl)nc2cc(C(=O)Nc3ccc(OC(F)(F)F)cc3)c(N3CC[C@@H](F)C3)cc21. The number of halogens is 6. The molecule has 48 heavy (non-hydrogen) atoms. The molecule has 5 rings (SSSR count). The van der Waals surface area contributed by atoms with Crippen LogP contribution in [0, 0.1) is 5.41 Å². The Labute approximate surface area is 284 Å². The largest absolute Gasteiger partial charge is 0.573 e. The van der Waals surface area contributed by atoms with Gasteiger partial charge in [-0.3, -0.25) is 9.59 Å². The van der Waals surface area contributed by atoms with Gasteiger partial charge in [0.2, 0.25) is 11.9 Å². The zero-order chi connectivity index (χ0) is 35.0. The molecule has 0 spiro atoms. The lowest BCUT2D eigenvalue weighted by Gasteiger charge is -2.21. The van der Waals surface area contributed by atoms with E-state index < -0.39 is 29.6 Å². The number of amides is 2. The molecule has 0 aliphatic carbocycles. The Kier molecular flexibility index (Phi) is 10.0. The van der Waals surface area contributed by atoms with Crippen molar-refractivity contribution >= 4 is 69.1 Å². The molecule has 1 atom stereocenters. The fraction of sp³-hybridized carbons (Fsp3) is 0.364. The second-order valence-electron chi connectivity index (χ2n) is 12.3. The second-order valence-corrected chi connectivity index (χ2v) is 13.1. The van der Waals surface area contributed by atoms with Crippen LogP contribution < -0.4 is 25.6 Å². The summed E-state index contributed by atoms with van der Waals surface area (Å²) in [5, 5.41) is 9.42. The van der Waals surface area contributed by atoms with Crippen LogP contribution in [0.5, 0.6) is 5.75 Å². The summed E-state index contributed by atoms with van der Waals surface area (Å²) >= 11 is 13.3.